The Hall–Kier alpha value is -2.34. The topological polar surface area (TPSA) is 33.0 Å². The molecule has 2 aromatic rings. The second kappa shape index (κ2) is 4.89. The minimum absolute atomic E-state index is 0.217. The SMILES string of the molecule is COc1cccc(-c2ccc(C#N)c(C)c2)c1F. The van der Waals surface area contributed by atoms with Crippen LogP contribution in [0.3, 0.4) is 0 Å². The van der Waals surface area contributed by atoms with Crippen molar-refractivity contribution in [2.75, 3.05) is 7.11 Å². The van der Waals surface area contributed by atoms with Gasteiger partial charge in [-0.2, -0.15) is 5.26 Å². The lowest BCUT2D eigenvalue weighted by molar-refractivity contribution is 0.387. The summed E-state index contributed by atoms with van der Waals surface area (Å²) in [5.41, 5.74) is 2.64. The molecule has 0 radical (unpaired) electrons. The van der Waals surface area contributed by atoms with E-state index < -0.39 is 0 Å². The molecule has 0 aromatic heterocycles. The zero-order chi connectivity index (χ0) is 13.1. The highest BCUT2D eigenvalue weighted by Gasteiger charge is 2.11. The van der Waals surface area contributed by atoms with Crippen molar-refractivity contribution in [3.8, 4) is 22.9 Å². The van der Waals surface area contributed by atoms with Crippen LogP contribution in [0.5, 0.6) is 5.75 Å². The average Bonchev–Trinajstić information content (AvgIpc) is 2.39. The van der Waals surface area contributed by atoms with E-state index in [0.717, 1.165) is 11.1 Å². The Kier molecular flexibility index (Phi) is 3.29. The van der Waals surface area contributed by atoms with Crippen LogP contribution in [0.15, 0.2) is 36.4 Å². The van der Waals surface area contributed by atoms with Crippen LogP contribution in [0.2, 0.25) is 0 Å². The van der Waals surface area contributed by atoms with Gasteiger partial charge in [-0.1, -0.05) is 24.3 Å². The highest BCUT2D eigenvalue weighted by Crippen LogP contribution is 2.29. The number of nitriles is 1. The maximum Gasteiger partial charge on any atom is 0.172 e. The van der Waals surface area contributed by atoms with Gasteiger partial charge in [-0.25, -0.2) is 4.39 Å². The number of rotatable bonds is 2. The predicted octanol–water partition coefficient (Wildman–Crippen LogP) is 3.68. The molecular formula is C15H12FNO. The Balaban J connectivity index is 2.56. The van der Waals surface area contributed by atoms with Gasteiger partial charge in [-0.15, -0.1) is 0 Å². The lowest BCUT2D eigenvalue weighted by Crippen LogP contribution is -1.92. The van der Waals surface area contributed by atoms with Gasteiger partial charge in [0.15, 0.2) is 11.6 Å². The van der Waals surface area contributed by atoms with E-state index in [9.17, 15) is 4.39 Å². The number of hydrogen-bond donors (Lipinski definition) is 0. The zero-order valence-electron chi connectivity index (χ0n) is 10.2. The minimum atomic E-state index is -0.385. The standard InChI is InChI=1S/C15H12FNO/c1-10-8-11(6-7-12(10)9-17)13-4-3-5-14(18-2)15(13)16/h3-8H,1-2H3. The molecule has 0 unspecified atom stereocenters. The Labute approximate surface area is 105 Å². The van der Waals surface area contributed by atoms with E-state index in [1.54, 1.807) is 36.4 Å². The summed E-state index contributed by atoms with van der Waals surface area (Å²) >= 11 is 0. The third-order valence-corrected chi connectivity index (χ3v) is 2.84. The first-order chi connectivity index (χ1) is 8.67. The van der Waals surface area contributed by atoms with Gasteiger partial charge in [0, 0.05) is 5.56 Å². The van der Waals surface area contributed by atoms with Crippen LogP contribution in [0.25, 0.3) is 11.1 Å². The van der Waals surface area contributed by atoms with Gasteiger partial charge in [0.25, 0.3) is 0 Å². The molecule has 2 rings (SSSR count). The van der Waals surface area contributed by atoms with Crippen LogP contribution in [-0.4, -0.2) is 7.11 Å². The molecule has 0 fully saturated rings. The van der Waals surface area contributed by atoms with Crippen molar-refractivity contribution >= 4 is 0 Å². The molecule has 90 valence electrons. The van der Waals surface area contributed by atoms with Crippen LogP contribution in [0.1, 0.15) is 11.1 Å². The predicted molar refractivity (Wildman–Crippen MR) is 67.8 cm³/mol. The molecule has 0 aliphatic rings. The van der Waals surface area contributed by atoms with Crippen molar-refractivity contribution in [3.63, 3.8) is 0 Å². The summed E-state index contributed by atoms with van der Waals surface area (Å²) in [5, 5.41) is 8.87. The Morgan fingerprint density at radius 2 is 2.00 bits per heavy atom. The molecule has 0 saturated heterocycles. The van der Waals surface area contributed by atoms with Crippen molar-refractivity contribution in [2.24, 2.45) is 0 Å². The van der Waals surface area contributed by atoms with Crippen molar-refractivity contribution < 1.29 is 9.13 Å². The summed E-state index contributed by atoms with van der Waals surface area (Å²) in [6, 6.07) is 12.3. The molecule has 0 amide bonds. The molecule has 0 heterocycles. The zero-order valence-corrected chi connectivity index (χ0v) is 10.2. The Morgan fingerprint density at radius 3 is 2.61 bits per heavy atom. The molecule has 2 nitrogen and oxygen atoms in total. The number of methoxy groups -OCH3 is 1. The Bertz CT molecular complexity index is 629. The van der Waals surface area contributed by atoms with E-state index in [2.05, 4.69) is 6.07 Å². The quantitative estimate of drug-likeness (QED) is 0.803. The summed E-state index contributed by atoms with van der Waals surface area (Å²) in [6.07, 6.45) is 0. The number of nitrogens with zero attached hydrogens (tertiary/aromatic N) is 1. The van der Waals surface area contributed by atoms with Crippen LogP contribution in [-0.2, 0) is 0 Å². The smallest absolute Gasteiger partial charge is 0.172 e. The molecule has 0 N–H and O–H groups in total. The molecule has 3 heteroatoms. The summed E-state index contributed by atoms with van der Waals surface area (Å²) in [4.78, 5) is 0. The van der Waals surface area contributed by atoms with Crippen LogP contribution >= 0.6 is 0 Å². The first-order valence-corrected chi connectivity index (χ1v) is 5.51. The molecule has 0 saturated carbocycles. The third kappa shape index (κ3) is 2.05. The first kappa shape index (κ1) is 12.1. The lowest BCUT2D eigenvalue weighted by Gasteiger charge is -2.08. The van der Waals surface area contributed by atoms with Gasteiger partial charge in [0.1, 0.15) is 0 Å². The molecule has 0 aliphatic carbocycles. The van der Waals surface area contributed by atoms with Gasteiger partial charge in [0.05, 0.1) is 18.7 Å². The summed E-state index contributed by atoms with van der Waals surface area (Å²) in [5.74, 6) is -0.168. The van der Waals surface area contributed by atoms with Gasteiger partial charge < -0.3 is 4.74 Å². The van der Waals surface area contributed by atoms with E-state index in [4.69, 9.17) is 10.00 Å². The summed E-state index contributed by atoms with van der Waals surface area (Å²) in [6.45, 7) is 1.83. The number of halogens is 1. The van der Waals surface area contributed by atoms with Crippen molar-refractivity contribution in [1.82, 2.24) is 0 Å². The van der Waals surface area contributed by atoms with E-state index in [1.165, 1.54) is 7.11 Å². The van der Waals surface area contributed by atoms with Crippen molar-refractivity contribution in [1.29, 1.82) is 5.26 Å². The highest BCUT2D eigenvalue weighted by atomic mass is 19.1. The normalized spacial score (nSPS) is 9.89. The average molecular weight is 241 g/mol. The molecule has 0 atom stereocenters. The third-order valence-electron chi connectivity index (χ3n) is 2.84. The number of ether oxygens (including phenoxy) is 1. The van der Waals surface area contributed by atoms with E-state index in [1.807, 2.05) is 6.92 Å². The summed E-state index contributed by atoms with van der Waals surface area (Å²) < 4.78 is 19.0. The highest BCUT2D eigenvalue weighted by molar-refractivity contribution is 5.68. The van der Waals surface area contributed by atoms with Crippen molar-refractivity contribution in [2.45, 2.75) is 6.92 Å². The fourth-order valence-corrected chi connectivity index (χ4v) is 1.85. The molecule has 0 spiro atoms. The second-order valence-electron chi connectivity index (χ2n) is 3.96. The number of benzene rings is 2. The molecular weight excluding hydrogens is 229 g/mol. The van der Waals surface area contributed by atoms with Gasteiger partial charge in [-0.3, -0.25) is 0 Å². The van der Waals surface area contributed by atoms with Crippen LogP contribution < -0.4 is 4.74 Å². The number of hydrogen-bond acceptors (Lipinski definition) is 2. The van der Waals surface area contributed by atoms with Crippen LogP contribution in [0, 0.1) is 24.1 Å². The maximum atomic E-state index is 14.1. The molecule has 0 bridgehead atoms. The number of aryl methyl sites for hydroxylation is 1. The second-order valence-corrected chi connectivity index (χ2v) is 3.96. The van der Waals surface area contributed by atoms with Gasteiger partial charge >= 0.3 is 0 Å². The molecule has 18 heavy (non-hydrogen) atoms. The minimum Gasteiger partial charge on any atom is -0.494 e. The van der Waals surface area contributed by atoms with Gasteiger partial charge in [0.2, 0.25) is 0 Å². The fourth-order valence-electron chi connectivity index (χ4n) is 1.85. The molecule has 0 aliphatic heterocycles. The van der Waals surface area contributed by atoms with E-state index in [0.29, 0.717) is 11.1 Å². The first-order valence-electron chi connectivity index (χ1n) is 5.51. The van der Waals surface area contributed by atoms with Crippen LogP contribution in [0.4, 0.5) is 4.39 Å². The summed E-state index contributed by atoms with van der Waals surface area (Å²) in [7, 11) is 1.44. The Morgan fingerprint density at radius 1 is 1.22 bits per heavy atom. The fraction of sp³-hybridized carbons (Fsp3) is 0.133. The van der Waals surface area contributed by atoms with Crippen molar-refractivity contribution in [3.05, 3.63) is 53.3 Å². The maximum absolute atomic E-state index is 14.1. The molecule has 2 aromatic carbocycles. The monoisotopic (exact) mass is 241 g/mol. The van der Waals surface area contributed by atoms with E-state index >= 15 is 0 Å². The van der Waals surface area contributed by atoms with E-state index in [-0.39, 0.29) is 11.6 Å². The lowest BCUT2D eigenvalue weighted by atomic mass is 10.00. The van der Waals surface area contributed by atoms with Gasteiger partial charge in [-0.05, 0) is 30.2 Å². The largest absolute Gasteiger partial charge is 0.494 e.